The molecule has 0 spiro atoms. The lowest BCUT2D eigenvalue weighted by Gasteiger charge is -2.18. The Morgan fingerprint density at radius 1 is 1.00 bits per heavy atom. The van der Waals surface area contributed by atoms with Gasteiger partial charge < -0.3 is 5.32 Å². The van der Waals surface area contributed by atoms with Crippen molar-refractivity contribution in [1.29, 1.82) is 0 Å². The van der Waals surface area contributed by atoms with Gasteiger partial charge in [0.15, 0.2) is 0 Å². The Morgan fingerprint density at radius 3 is 2.28 bits per heavy atom. The summed E-state index contributed by atoms with van der Waals surface area (Å²) in [5.41, 5.74) is 1.52. The SMILES string of the molecule is FC(F)(F)C1=CC=C(NCc2ccccc2)CC1. The lowest BCUT2D eigenvalue weighted by atomic mass is 10.0. The van der Waals surface area contributed by atoms with Crippen molar-refractivity contribution in [3.05, 3.63) is 59.3 Å². The minimum atomic E-state index is -4.19. The van der Waals surface area contributed by atoms with Crippen molar-refractivity contribution in [3.63, 3.8) is 0 Å². The molecule has 0 saturated heterocycles. The molecule has 0 aliphatic heterocycles. The van der Waals surface area contributed by atoms with Gasteiger partial charge in [-0.05, 0) is 24.5 Å². The van der Waals surface area contributed by atoms with Crippen LogP contribution in [0.3, 0.4) is 0 Å². The van der Waals surface area contributed by atoms with Gasteiger partial charge in [0.2, 0.25) is 0 Å². The van der Waals surface area contributed by atoms with Gasteiger partial charge in [-0.3, -0.25) is 0 Å². The predicted octanol–water partition coefficient (Wildman–Crippen LogP) is 3.94. The van der Waals surface area contributed by atoms with Gasteiger partial charge in [0.05, 0.1) is 0 Å². The number of hydrogen-bond acceptors (Lipinski definition) is 1. The summed E-state index contributed by atoms with van der Waals surface area (Å²) < 4.78 is 37.2. The maximum absolute atomic E-state index is 12.4. The largest absolute Gasteiger partial charge is 0.412 e. The summed E-state index contributed by atoms with van der Waals surface area (Å²) in [6.07, 6.45) is -1.04. The summed E-state index contributed by atoms with van der Waals surface area (Å²) in [4.78, 5) is 0. The topological polar surface area (TPSA) is 12.0 Å². The molecular formula is C14H14F3N. The number of alkyl halides is 3. The Labute approximate surface area is 104 Å². The van der Waals surface area contributed by atoms with Gasteiger partial charge in [-0.15, -0.1) is 0 Å². The van der Waals surface area contributed by atoms with Crippen molar-refractivity contribution in [2.24, 2.45) is 0 Å². The lowest BCUT2D eigenvalue weighted by Crippen LogP contribution is -2.18. The van der Waals surface area contributed by atoms with E-state index < -0.39 is 11.7 Å². The molecule has 1 aliphatic carbocycles. The van der Waals surface area contributed by atoms with Crippen molar-refractivity contribution in [1.82, 2.24) is 5.32 Å². The third kappa shape index (κ3) is 3.39. The molecule has 96 valence electrons. The monoisotopic (exact) mass is 253 g/mol. The molecule has 0 heterocycles. The van der Waals surface area contributed by atoms with Crippen LogP contribution in [0.2, 0.25) is 0 Å². The fourth-order valence-corrected chi connectivity index (χ4v) is 1.83. The standard InChI is InChI=1S/C14H14F3N/c15-14(16,17)12-6-8-13(9-7-12)18-10-11-4-2-1-3-5-11/h1-6,8,18H,7,9-10H2. The summed E-state index contributed by atoms with van der Waals surface area (Å²) in [7, 11) is 0. The zero-order valence-electron chi connectivity index (χ0n) is 9.80. The third-order valence-corrected chi connectivity index (χ3v) is 2.88. The Kier molecular flexibility index (Phi) is 3.75. The molecule has 1 nitrogen and oxygen atoms in total. The van der Waals surface area contributed by atoms with E-state index in [-0.39, 0.29) is 6.42 Å². The van der Waals surface area contributed by atoms with E-state index in [1.54, 1.807) is 0 Å². The van der Waals surface area contributed by atoms with Crippen LogP contribution in [0.1, 0.15) is 18.4 Å². The van der Waals surface area contributed by atoms with E-state index in [1.807, 2.05) is 30.3 Å². The van der Waals surface area contributed by atoms with Gasteiger partial charge in [0.25, 0.3) is 0 Å². The first-order valence-corrected chi connectivity index (χ1v) is 5.80. The first kappa shape index (κ1) is 12.7. The molecule has 18 heavy (non-hydrogen) atoms. The highest BCUT2D eigenvalue weighted by atomic mass is 19.4. The van der Waals surface area contributed by atoms with Crippen molar-refractivity contribution in [3.8, 4) is 0 Å². The summed E-state index contributed by atoms with van der Waals surface area (Å²) >= 11 is 0. The van der Waals surface area contributed by atoms with Gasteiger partial charge >= 0.3 is 6.18 Å². The molecule has 1 aromatic carbocycles. The van der Waals surface area contributed by atoms with Crippen molar-refractivity contribution >= 4 is 0 Å². The first-order valence-electron chi connectivity index (χ1n) is 5.80. The Hall–Kier alpha value is -1.71. The molecule has 0 radical (unpaired) electrons. The molecule has 0 amide bonds. The van der Waals surface area contributed by atoms with Gasteiger partial charge in [-0.1, -0.05) is 36.4 Å². The van der Waals surface area contributed by atoms with Crippen molar-refractivity contribution < 1.29 is 13.2 Å². The van der Waals surface area contributed by atoms with Crippen LogP contribution in [-0.4, -0.2) is 6.18 Å². The highest BCUT2D eigenvalue weighted by Crippen LogP contribution is 2.32. The number of hydrogen-bond donors (Lipinski definition) is 1. The molecule has 1 N–H and O–H groups in total. The molecule has 2 rings (SSSR count). The van der Waals surface area contributed by atoms with Gasteiger partial charge in [-0.25, -0.2) is 0 Å². The molecule has 0 atom stereocenters. The van der Waals surface area contributed by atoms with E-state index in [2.05, 4.69) is 5.32 Å². The zero-order chi connectivity index (χ0) is 13.0. The van der Waals surface area contributed by atoms with Crippen LogP contribution in [0.15, 0.2) is 53.8 Å². The molecule has 1 aromatic rings. The second kappa shape index (κ2) is 5.29. The molecule has 1 aliphatic rings. The quantitative estimate of drug-likeness (QED) is 0.860. The van der Waals surface area contributed by atoms with Gasteiger partial charge in [0, 0.05) is 17.8 Å². The van der Waals surface area contributed by atoms with Crippen LogP contribution in [0, 0.1) is 0 Å². The van der Waals surface area contributed by atoms with E-state index >= 15 is 0 Å². The summed E-state index contributed by atoms with van der Waals surface area (Å²) in [6.45, 7) is 0.641. The zero-order valence-corrected chi connectivity index (χ0v) is 9.80. The molecule has 0 bridgehead atoms. The van der Waals surface area contributed by atoms with Gasteiger partial charge in [-0.2, -0.15) is 13.2 Å². The first-order chi connectivity index (χ1) is 8.55. The van der Waals surface area contributed by atoms with E-state index in [0.29, 0.717) is 13.0 Å². The van der Waals surface area contributed by atoms with Crippen LogP contribution in [0.5, 0.6) is 0 Å². The fraction of sp³-hybridized carbons (Fsp3) is 0.286. The van der Waals surface area contributed by atoms with Crippen LogP contribution >= 0.6 is 0 Å². The predicted molar refractivity (Wildman–Crippen MR) is 64.7 cm³/mol. The van der Waals surface area contributed by atoms with E-state index in [0.717, 1.165) is 17.3 Å². The minimum absolute atomic E-state index is 0.0527. The average Bonchev–Trinajstić information content (AvgIpc) is 2.37. The maximum Gasteiger partial charge on any atom is 0.412 e. The molecule has 0 saturated carbocycles. The Morgan fingerprint density at radius 2 is 1.72 bits per heavy atom. The number of benzene rings is 1. The van der Waals surface area contributed by atoms with Crippen LogP contribution < -0.4 is 5.32 Å². The molecule has 0 fully saturated rings. The van der Waals surface area contributed by atoms with Crippen LogP contribution in [0.4, 0.5) is 13.2 Å². The molecular weight excluding hydrogens is 239 g/mol. The van der Waals surface area contributed by atoms with Crippen LogP contribution in [-0.2, 0) is 6.54 Å². The fourth-order valence-electron chi connectivity index (χ4n) is 1.83. The van der Waals surface area contributed by atoms with E-state index in [1.165, 1.54) is 6.08 Å². The molecule has 4 heteroatoms. The highest BCUT2D eigenvalue weighted by molar-refractivity contribution is 5.26. The van der Waals surface area contributed by atoms with Crippen molar-refractivity contribution in [2.75, 3.05) is 0 Å². The van der Waals surface area contributed by atoms with Crippen molar-refractivity contribution in [2.45, 2.75) is 25.6 Å². The maximum atomic E-state index is 12.4. The molecule has 0 unspecified atom stereocenters. The van der Waals surface area contributed by atoms with Gasteiger partial charge in [0.1, 0.15) is 0 Å². The average molecular weight is 253 g/mol. The number of allylic oxidation sites excluding steroid dienone is 4. The summed E-state index contributed by atoms with van der Waals surface area (Å²) in [5, 5.41) is 3.16. The number of halogens is 3. The highest BCUT2D eigenvalue weighted by Gasteiger charge is 2.33. The smallest absolute Gasteiger partial charge is 0.384 e. The summed E-state index contributed by atoms with van der Waals surface area (Å²) in [5.74, 6) is 0. The number of nitrogens with one attached hydrogen (secondary N) is 1. The minimum Gasteiger partial charge on any atom is -0.384 e. The second-order valence-corrected chi connectivity index (χ2v) is 4.22. The summed E-state index contributed by atoms with van der Waals surface area (Å²) in [6, 6.07) is 9.77. The normalized spacial score (nSPS) is 15.9. The van der Waals surface area contributed by atoms with E-state index in [9.17, 15) is 13.2 Å². The number of rotatable bonds is 3. The second-order valence-electron chi connectivity index (χ2n) is 4.22. The lowest BCUT2D eigenvalue weighted by molar-refractivity contribution is -0.0941. The third-order valence-electron chi connectivity index (χ3n) is 2.88. The van der Waals surface area contributed by atoms with E-state index in [4.69, 9.17) is 0 Å². The van der Waals surface area contributed by atoms with Crippen LogP contribution in [0.25, 0.3) is 0 Å². The Balaban J connectivity index is 1.93. The molecule has 0 aromatic heterocycles. The Bertz CT molecular complexity index is 458.